The Bertz CT molecular complexity index is 459. The second-order valence-electron chi connectivity index (χ2n) is 4.69. The maximum absolute atomic E-state index is 14.2. The Morgan fingerprint density at radius 2 is 1.83 bits per heavy atom. The van der Waals surface area contributed by atoms with Gasteiger partial charge in [-0.2, -0.15) is 0 Å². The lowest BCUT2D eigenvalue weighted by Gasteiger charge is -2.37. The molecule has 0 aromatic heterocycles. The van der Waals surface area contributed by atoms with E-state index in [-0.39, 0.29) is 22.9 Å². The maximum Gasteiger partial charge on any atom is 0.169 e. The van der Waals surface area contributed by atoms with Crippen LogP contribution < -0.4 is 16.4 Å². The molecule has 1 aliphatic heterocycles. The fourth-order valence-electron chi connectivity index (χ4n) is 2.34. The smallest absolute Gasteiger partial charge is 0.169 e. The molecular weight excluding hydrogens is 257 g/mol. The minimum atomic E-state index is -0.560. The van der Waals surface area contributed by atoms with E-state index in [1.54, 1.807) is 0 Å². The zero-order chi connectivity index (χ0) is 13.4. The van der Waals surface area contributed by atoms with Crippen LogP contribution in [0.4, 0.5) is 21.5 Å². The van der Waals surface area contributed by atoms with Crippen molar-refractivity contribution in [2.45, 2.75) is 26.1 Å². The van der Waals surface area contributed by atoms with Crippen molar-refractivity contribution in [2.24, 2.45) is 0 Å². The standard InChI is InChI=1S/C12H17ClFN3O/c1-6-4-17(5-7(2)18-6)12-9(16)3-8(15)10(13)11(12)14/h3,6-7H,4-5,15-16H2,1-2H3/t6-,7+. The van der Waals surface area contributed by atoms with Crippen molar-refractivity contribution < 1.29 is 9.13 Å². The first-order chi connectivity index (χ1) is 8.40. The van der Waals surface area contributed by atoms with E-state index < -0.39 is 5.82 Å². The molecule has 0 amide bonds. The zero-order valence-corrected chi connectivity index (χ0v) is 11.2. The average Bonchev–Trinajstić information content (AvgIpc) is 2.24. The van der Waals surface area contributed by atoms with Gasteiger partial charge in [-0.25, -0.2) is 4.39 Å². The Kier molecular flexibility index (Phi) is 3.54. The second-order valence-corrected chi connectivity index (χ2v) is 5.07. The molecule has 100 valence electrons. The number of anilines is 3. The van der Waals surface area contributed by atoms with Crippen molar-refractivity contribution in [1.82, 2.24) is 0 Å². The SMILES string of the molecule is C[C@@H]1CN(c2c(N)cc(N)c(Cl)c2F)C[C@H](C)O1. The van der Waals surface area contributed by atoms with E-state index in [0.29, 0.717) is 24.5 Å². The van der Waals surface area contributed by atoms with E-state index in [0.717, 1.165) is 0 Å². The van der Waals surface area contributed by atoms with E-state index >= 15 is 0 Å². The molecular formula is C12H17ClFN3O. The number of nitrogens with two attached hydrogens (primary N) is 2. The molecule has 1 saturated heterocycles. The van der Waals surface area contributed by atoms with E-state index in [1.165, 1.54) is 6.07 Å². The van der Waals surface area contributed by atoms with Gasteiger partial charge in [-0.3, -0.25) is 0 Å². The molecule has 1 aromatic carbocycles. The molecule has 1 fully saturated rings. The molecule has 18 heavy (non-hydrogen) atoms. The van der Waals surface area contributed by atoms with Gasteiger partial charge in [-0.05, 0) is 19.9 Å². The highest BCUT2D eigenvalue weighted by Crippen LogP contribution is 2.37. The Hall–Kier alpha value is -1.20. The van der Waals surface area contributed by atoms with Gasteiger partial charge in [-0.1, -0.05) is 11.6 Å². The molecule has 0 aliphatic carbocycles. The normalized spacial score (nSPS) is 24.3. The third kappa shape index (κ3) is 2.33. The fourth-order valence-corrected chi connectivity index (χ4v) is 2.48. The zero-order valence-electron chi connectivity index (χ0n) is 10.4. The van der Waals surface area contributed by atoms with Crippen molar-refractivity contribution in [1.29, 1.82) is 0 Å². The van der Waals surface area contributed by atoms with Crippen LogP contribution in [-0.4, -0.2) is 25.3 Å². The van der Waals surface area contributed by atoms with Crippen LogP contribution in [0.15, 0.2) is 6.07 Å². The van der Waals surface area contributed by atoms with Crippen molar-refractivity contribution in [3.05, 3.63) is 16.9 Å². The molecule has 1 heterocycles. The Labute approximate surface area is 111 Å². The molecule has 0 bridgehead atoms. The Morgan fingerprint density at radius 3 is 2.39 bits per heavy atom. The summed E-state index contributed by atoms with van der Waals surface area (Å²) in [4.78, 5) is 1.86. The van der Waals surface area contributed by atoms with Crippen LogP contribution in [0, 0.1) is 5.82 Å². The predicted octanol–water partition coefficient (Wildman–Crippen LogP) is 2.26. The largest absolute Gasteiger partial charge is 0.397 e. The molecule has 6 heteroatoms. The van der Waals surface area contributed by atoms with E-state index in [9.17, 15) is 4.39 Å². The molecule has 0 unspecified atom stereocenters. The molecule has 0 spiro atoms. The number of hydrogen-bond acceptors (Lipinski definition) is 4. The number of halogens is 2. The lowest BCUT2D eigenvalue weighted by atomic mass is 10.1. The summed E-state index contributed by atoms with van der Waals surface area (Å²) in [6, 6.07) is 1.49. The van der Waals surface area contributed by atoms with Crippen LogP contribution in [0.2, 0.25) is 5.02 Å². The topological polar surface area (TPSA) is 64.5 Å². The molecule has 4 nitrogen and oxygen atoms in total. The minimum absolute atomic E-state index is 0.0175. The number of benzene rings is 1. The first kappa shape index (κ1) is 13.2. The van der Waals surface area contributed by atoms with Gasteiger partial charge >= 0.3 is 0 Å². The van der Waals surface area contributed by atoms with Crippen LogP contribution in [0.3, 0.4) is 0 Å². The van der Waals surface area contributed by atoms with Gasteiger partial charge in [0.05, 0.1) is 29.3 Å². The summed E-state index contributed by atoms with van der Waals surface area (Å²) < 4.78 is 19.8. The monoisotopic (exact) mass is 273 g/mol. The van der Waals surface area contributed by atoms with E-state index in [2.05, 4.69) is 0 Å². The van der Waals surface area contributed by atoms with Crippen molar-refractivity contribution in [3.63, 3.8) is 0 Å². The summed E-state index contributed by atoms with van der Waals surface area (Å²) in [7, 11) is 0. The molecule has 1 aromatic rings. The highest BCUT2D eigenvalue weighted by Gasteiger charge is 2.27. The summed E-state index contributed by atoms with van der Waals surface area (Å²) >= 11 is 5.83. The summed E-state index contributed by atoms with van der Waals surface area (Å²) in [6.45, 7) is 5.03. The number of nitrogens with zero attached hydrogens (tertiary/aromatic N) is 1. The summed E-state index contributed by atoms with van der Waals surface area (Å²) in [5, 5.41) is -0.0778. The summed E-state index contributed by atoms with van der Waals surface area (Å²) in [6.07, 6.45) is 0.0350. The predicted molar refractivity (Wildman–Crippen MR) is 72.5 cm³/mol. The molecule has 2 atom stereocenters. The third-order valence-corrected chi connectivity index (χ3v) is 3.36. The van der Waals surface area contributed by atoms with Crippen molar-refractivity contribution in [3.8, 4) is 0 Å². The highest BCUT2D eigenvalue weighted by molar-refractivity contribution is 6.33. The van der Waals surface area contributed by atoms with E-state index in [1.807, 2.05) is 18.7 Å². The second kappa shape index (κ2) is 4.82. The van der Waals surface area contributed by atoms with Gasteiger partial charge in [0.1, 0.15) is 5.02 Å². The number of hydrogen-bond donors (Lipinski definition) is 2. The molecule has 1 aliphatic rings. The minimum Gasteiger partial charge on any atom is -0.397 e. The van der Waals surface area contributed by atoms with Crippen LogP contribution in [-0.2, 0) is 4.74 Å². The van der Waals surface area contributed by atoms with E-state index in [4.69, 9.17) is 27.8 Å². The molecule has 0 saturated carbocycles. The first-order valence-corrected chi connectivity index (χ1v) is 6.21. The van der Waals surface area contributed by atoms with Gasteiger partial charge < -0.3 is 21.1 Å². The van der Waals surface area contributed by atoms with Crippen molar-refractivity contribution >= 4 is 28.7 Å². The van der Waals surface area contributed by atoms with Gasteiger partial charge in [0.2, 0.25) is 0 Å². The Morgan fingerprint density at radius 1 is 1.28 bits per heavy atom. The summed E-state index contributed by atoms with van der Waals surface area (Å²) in [5.74, 6) is -0.560. The van der Waals surface area contributed by atoms with Crippen molar-refractivity contribution in [2.75, 3.05) is 29.5 Å². The van der Waals surface area contributed by atoms with Gasteiger partial charge in [0, 0.05) is 13.1 Å². The lowest BCUT2D eigenvalue weighted by Crippen LogP contribution is -2.46. The maximum atomic E-state index is 14.2. The number of morpholine rings is 1. The average molecular weight is 274 g/mol. The molecule has 0 radical (unpaired) electrons. The van der Waals surface area contributed by atoms with Gasteiger partial charge in [0.25, 0.3) is 0 Å². The summed E-state index contributed by atoms with van der Waals surface area (Å²) in [5.41, 5.74) is 12.2. The third-order valence-electron chi connectivity index (χ3n) is 2.97. The number of ether oxygens (including phenoxy) is 1. The fraction of sp³-hybridized carbons (Fsp3) is 0.500. The van der Waals surface area contributed by atoms with Gasteiger partial charge in [0.15, 0.2) is 5.82 Å². The lowest BCUT2D eigenvalue weighted by molar-refractivity contribution is -0.00534. The quantitative estimate of drug-likeness (QED) is 0.771. The van der Waals surface area contributed by atoms with Crippen LogP contribution >= 0.6 is 11.6 Å². The number of rotatable bonds is 1. The Balaban J connectivity index is 2.41. The molecule has 4 N–H and O–H groups in total. The molecule has 2 rings (SSSR count). The highest BCUT2D eigenvalue weighted by atomic mass is 35.5. The van der Waals surface area contributed by atoms with Crippen LogP contribution in [0.5, 0.6) is 0 Å². The number of nitrogen functional groups attached to an aromatic ring is 2. The van der Waals surface area contributed by atoms with Crippen LogP contribution in [0.25, 0.3) is 0 Å². The first-order valence-electron chi connectivity index (χ1n) is 5.83. The van der Waals surface area contributed by atoms with Crippen LogP contribution in [0.1, 0.15) is 13.8 Å². The van der Waals surface area contributed by atoms with Gasteiger partial charge in [-0.15, -0.1) is 0 Å².